The molecule has 3 unspecified atom stereocenters. The van der Waals surface area contributed by atoms with Crippen LogP contribution in [0.2, 0.25) is 0 Å². The monoisotopic (exact) mass is 235 g/mol. The van der Waals surface area contributed by atoms with Gasteiger partial charge in [-0.2, -0.15) is 0 Å². The van der Waals surface area contributed by atoms with E-state index in [-0.39, 0.29) is 0 Å². The van der Waals surface area contributed by atoms with Crippen molar-refractivity contribution in [1.82, 2.24) is 4.90 Å². The van der Waals surface area contributed by atoms with Crippen molar-refractivity contribution in [2.24, 2.45) is 17.3 Å². The molecule has 0 amide bonds. The first-order valence-corrected chi connectivity index (χ1v) is 7.30. The first kappa shape index (κ1) is 11.7. The number of carbonyl (C=O) groups is 1. The van der Waals surface area contributed by atoms with Crippen LogP contribution in [0.4, 0.5) is 0 Å². The van der Waals surface area contributed by atoms with E-state index in [1.165, 1.54) is 25.8 Å². The number of nitrogens with zero attached hydrogens (tertiary/aromatic N) is 1. The molecule has 3 fully saturated rings. The van der Waals surface area contributed by atoms with E-state index in [0.29, 0.717) is 17.1 Å². The van der Waals surface area contributed by atoms with Crippen LogP contribution in [0.15, 0.2) is 0 Å². The molecule has 2 saturated carbocycles. The van der Waals surface area contributed by atoms with Gasteiger partial charge in [-0.3, -0.25) is 9.69 Å². The molecule has 1 heterocycles. The van der Waals surface area contributed by atoms with Crippen LogP contribution < -0.4 is 0 Å². The van der Waals surface area contributed by atoms with Crippen molar-refractivity contribution in [3.63, 3.8) is 0 Å². The van der Waals surface area contributed by atoms with E-state index in [1.807, 2.05) is 0 Å². The molecule has 0 aromatic rings. The van der Waals surface area contributed by atoms with Crippen molar-refractivity contribution in [1.29, 1.82) is 0 Å². The highest BCUT2D eigenvalue weighted by Gasteiger charge is 2.41. The number of rotatable bonds is 2. The summed E-state index contributed by atoms with van der Waals surface area (Å²) in [5.41, 5.74) is 0.386. The molecule has 0 N–H and O–H groups in total. The highest BCUT2D eigenvalue weighted by atomic mass is 16.1. The third-order valence-corrected chi connectivity index (χ3v) is 5.28. The highest BCUT2D eigenvalue weighted by molar-refractivity contribution is 5.82. The molecule has 0 spiro atoms. The molecule has 0 radical (unpaired) electrons. The van der Waals surface area contributed by atoms with E-state index < -0.39 is 0 Å². The number of hydrogen-bond acceptors (Lipinski definition) is 2. The lowest BCUT2D eigenvalue weighted by Crippen LogP contribution is -2.42. The number of likely N-dealkylation sites (tertiary alicyclic amines) is 1. The van der Waals surface area contributed by atoms with Crippen molar-refractivity contribution >= 4 is 5.78 Å². The molecule has 3 atom stereocenters. The summed E-state index contributed by atoms with van der Waals surface area (Å²) in [7, 11) is 0. The minimum Gasteiger partial charge on any atom is -0.299 e. The van der Waals surface area contributed by atoms with Gasteiger partial charge in [-0.1, -0.05) is 13.8 Å². The largest absolute Gasteiger partial charge is 0.299 e. The van der Waals surface area contributed by atoms with E-state index in [9.17, 15) is 4.79 Å². The number of hydrogen-bond donors (Lipinski definition) is 0. The molecule has 3 aliphatic rings. The van der Waals surface area contributed by atoms with Crippen LogP contribution in [0.5, 0.6) is 0 Å². The van der Waals surface area contributed by atoms with E-state index in [2.05, 4.69) is 18.7 Å². The van der Waals surface area contributed by atoms with Gasteiger partial charge in [0.2, 0.25) is 0 Å². The Bertz CT molecular complexity index is 323. The van der Waals surface area contributed by atoms with Crippen LogP contribution in [0.1, 0.15) is 52.4 Å². The summed E-state index contributed by atoms with van der Waals surface area (Å²) in [6, 6.07) is 0.817. The van der Waals surface area contributed by atoms with Crippen molar-refractivity contribution in [2.45, 2.75) is 58.4 Å². The Labute approximate surface area is 105 Å². The average molecular weight is 235 g/mol. The maximum atomic E-state index is 12.0. The minimum atomic E-state index is 0.332. The van der Waals surface area contributed by atoms with E-state index in [1.54, 1.807) is 0 Å². The smallest absolute Gasteiger partial charge is 0.137 e. The van der Waals surface area contributed by atoms with Gasteiger partial charge in [0.25, 0.3) is 0 Å². The second kappa shape index (κ2) is 4.08. The molecule has 96 valence electrons. The van der Waals surface area contributed by atoms with Crippen LogP contribution >= 0.6 is 0 Å². The number of fused-ring (bicyclic) bond motifs is 2. The fraction of sp³-hybridized carbons (Fsp3) is 0.933. The van der Waals surface area contributed by atoms with Gasteiger partial charge in [-0.25, -0.2) is 0 Å². The van der Waals surface area contributed by atoms with Crippen molar-refractivity contribution in [2.75, 3.05) is 13.1 Å². The number of ketones is 1. The summed E-state index contributed by atoms with van der Waals surface area (Å²) >= 11 is 0. The Morgan fingerprint density at radius 2 is 2.18 bits per heavy atom. The second-order valence-electron chi connectivity index (χ2n) is 7.32. The average Bonchev–Trinajstić information content (AvgIpc) is 2.85. The van der Waals surface area contributed by atoms with Gasteiger partial charge >= 0.3 is 0 Å². The summed E-state index contributed by atoms with van der Waals surface area (Å²) in [6.45, 7) is 6.98. The van der Waals surface area contributed by atoms with Crippen molar-refractivity contribution in [3.05, 3.63) is 0 Å². The molecule has 2 heteroatoms. The van der Waals surface area contributed by atoms with E-state index in [0.717, 1.165) is 37.8 Å². The lowest BCUT2D eigenvalue weighted by atomic mass is 9.71. The predicted molar refractivity (Wildman–Crippen MR) is 68.8 cm³/mol. The molecule has 2 bridgehead atoms. The Morgan fingerprint density at radius 1 is 1.35 bits per heavy atom. The van der Waals surface area contributed by atoms with E-state index in [4.69, 9.17) is 0 Å². The van der Waals surface area contributed by atoms with Crippen LogP contribution in [0, 0.1) is 17.3 Å². The summed E-state index contributed by atoms with van der Waals surface area (Å²) < 4.78 is 0. The van der Waals surface area contributed by atoms with Crippen LogP contribution in [-0.4, -0.2) is 29.8 Å². The lowest BCUT2D eigenvalue weighted by molar-refractivity contribution is -0.128. The van der Waals surface area contributed by atoms with Gasteiger partial charge in [0.15, 0.2) is 0 Å². The molecule has 0 aromatic carbocycles. The van der Waals surface area contributed by atoms with Crippen LogP contribution in [0.3, 0.4) is 0 Å². The lowest BCUT2D eigenvalue weighted by Gasteiger charge is -2.37. The molecule has 17 heavy (non-hydrogen) atoms. The molecular weight excluding hydrogens is 210 g/mol. The first-order chi connectivity index (χ1) is 8.03. The fourth-order valence-corrected chi connectivity index (χ4v) is 4.25. The number of piperidine rings is 1. The van der Waals surface area contributed by atoms with Gasteiger partial charge in [0.1, 0.15) is 5.78 Å². The molecule has 2 aliphatic carbocycles. The SMILES string of the molecule is CC1(C)CCC(=O)C(CN2CC3CCC2C3)C1. The van der Waals surface area contributed by atoms with Gasteiger partial charge < -0.3 is 0 Å². The van der Waals surface area contributed by atoms with Gasteiger partial charge in [0.05, 0.1) is 0 Å². The van der Waals surface area contributed by atoms with Gasteiger partial charge in [-0.05, 0) is 43.4 Å². The standard InChI is InChI=1S/C15H25NO/c1-15(2)6-5-14(17)12(8-15)10-16-9-11-3-4-13(16)7-11/h11-13H,3-10H2,1-2H3. The quantitative estimate of drug-likeness (QED) is 0.733. The van der Waals surface area contributed by atoms with E-state index >= 15 is 0 Å². The Kier molecular flexibility index (Phi) is 2.81. The Balaban J connectivity index is 1.62. The third kappa shape index (κ3) is 2.29. The molecule has 3 rings (SSSR count). The zero-order valence-electron chi connectivity index (χ0n) is 11.2. The predicted octanol–water partition coefficient (Wildman–Crippen LogP) is 2.87. The van der Waals surface area contributed by atoms with Gasteiger partial charge in [-0.15, -0.1) is 0 Å². The Morgan fingerprint density at radius 3 is 2.82 bits per heavy atom. The third-order valence-electron chi connectivity index (χ3n) is 5.28. The topological polar surface area (TPSA) is 20.3 Å². The van der Waals surface area contributed by atoms with Crippen LogP contribution in [-0.2, 0) is 4.79 Å². The molecule has 0 aromatic heterocycles. The zero-order valence-corrected chi connectivity index (χ0v) is 11.2. The fourth-order valence-electron chi connectivity index (χ4n) is 4.25. The summed E-state index contributed by atoms with van der Waals surface area (Å²) in [5, 5.41) is 0. The molecule has 1 aliphatic heterocycles. The normalized spacial score (nSPS) is 41.1. The summed E-state index contributed by atoms with van der Waals surface area (Å²) in [5.74, 6) is 1.82. The van der Waals surface area contributed by atoms with Crippen LogP contribution in [0.25, 0.3) is 0 Å². The molecular formula is C15H25NO. The van der Waals surface area contributed by atoms with Crippen molar-refractivity contribution < 1.29 is 4.79 Å². The highest BCUT2D eigenvalue weighted by Crippen LogP contribution is 2.41. The molecule has 1 saturated heterocycles. The summed E-state index contributed by atoms with van der Waals surface area (Å²) in [6.07, 6.45) is 7.25. The first-order valence-electron chi connectivity index (χ1n) is 7.30. The maximum Gasteiger partial charge on any atom is 0.137 e. The second-order valence-corrected chi connectivity index (χ2v) is 7.32. The Hall–Kier alpha value is -0.370. The zero-order chi connectivity index (χ0) is 12.0. The van der Waals surface area contributed by atoms with Crippen molar-refractivity contribution in [3.8, 4) is 0 Å². The summed E-state index contributed by atoms with van der Waals surface area (Å²) in [4.78, 5) is 14.7. The number of carbonyl (C=O) groups excluding carboxylic acids is 1. The maximum absolute atomic E-state index is 12.0. The van der Waals surface area contributed by atoms with Gasteiger partial charge in [0, 0.05) is 31.5 Å². The minimum absolute atomic E-state index is 0.332. The molecule has 2 nitrogen and oxygen atoms in total. The number of Topliss-reactive ketones (excluding diaryl/α,β-unsaturated/α-hetero) is 1.